The van der Waals surface area contributed by atoms with Gasteiger partial charge in [-0.3, -0.25) is 9.59 Å². The van der Waals surface area contributed by atoms with Gasteiger partial charge in [0, 0.05) is 35.3 Å². The number of likely N-dealkylation sites (tertiary alicyclic amines) is 2. The molecule has 2 bridgehead atoms. The average molecular weight is 474 g/mol. The van der Waals surface area contributed by atoms with Crippen molar-refractivity contribution in [3.05, 3.63) is 71.2 Å². The van der Waals surface area contributed by atoms with Crippen molar-refractivity contribution in [1.82, 2.24) is 14.8 Å². The Morgan fingerprint density at radius 3 is 2.51 bits per heavy atom. The van der Waals surface area contributed by atoms with Gasteiger partial charge in [-0.05, 0) is 68.4 Å². The van der Waals surface area contributed by atoms with Gasteiger partial charge in [0.15, 0.2) is 0 Å². The standard InChI is InChI=1S/C29H32FN3O2/c1-17-21-15-20(30)12-13-22(21)31-27(17)28(35)33-24-16-29(3)25(10-7-11-26(29)33)32(18(2)34)23(24)14-19-8-5-4-6-9-19/h4-6,8-9,12-13,15,23-26,31H,7,10-11,14,16H2,1-3H3/t23-,24+,25-,26+,29-/m1/s1. The van der Waals surface area contributed by atoms with Crippen LogP contribution in [0.1, 0.15) is 61.1 Å². The van der Waals surface area contributed by atoms with Crippen molar-refractivity contribution < 1.29 is 14.0 Å². The Hall–Kier alpha value is -3.15. The molecule has 0 radical (unpaired) electrons. The maximum atomic E-state index is 14.3. The van der Waals surface area contributed by atoms with Gasteiger partial charge in [-0.2, -0.15) is 0 Å². The van der Waals surface area contributed by atoms with Gasteiger partial charge in [0.25, 0.3) is 5.91 Å². The summed E-state index contributed by atoms with van der Waals surface area (Å²) in [5.41, 5.74) is 3.15. The highest BCUT2D eigenvalue weighted by Crippen LogP contribution is 2.57. The predicted octanol–water partition coefficient (Wildman–Crippen LogP) is 5.23. The summed E-state index contributed by atoms with van der Waals surface area (Å²) in [4.78, 5) is 34.9. The van der Waals surface area contributed by atoms with Crippen LogP contribution in [0.5, 0.6) is 0 Å². The fourth-order valence-electron chi connectivity index (χ4n) is 7.57. The first-order valence-electron chi connectivity index (χ1n) is 12.7. The molecule has 0 spiro atoms. The Morgan fingerprint density at radius 2 is 1.80 bits per heavy atom. The zero-order chi connectivity index (χ0) is 24.5. The second-order valence-corrected chi connectivity index (χ2v) is 11.0. The van der Waals surface area contributed by atoms with E-state index in [0.717, 1.165) is 48.6 Å². The molecule has 2 saturated heterocycles. The van der Waals surface area contributed by atoms with Crippen LogP contribution in [-0.2, 0) is 11.2 Å². The van der Waals surface area contributed by atoms with E-state index in [4.69, 9.17) is 0 Å². The molecule has 1 aromatic heterocycles. The van der Waals surface area contributed by atoms with E-state index in [1.165, 1.54) is 17.7 Å². The largest absolute Gasteiger partial charge is 0.350 e. The molecule has 3 aliphatic rings. The smallest absolute Gasteiger partial charge is 0.271 e. The van der Waals surface area contributed by atoms with Crippen molar-refractivity contribution in [1.29, 1.82) is 0 Å². The zero-order valence-electron chi connectivity index (χ0n) is 20.6. The van der Waals surface area contributed by atoms with Gasteiger partial charge >= 0.3 is 0 Å². The average Bonchev–Trinajstić information content (AvgIpc) is 3.33. The van der Waals surface area contributed by atoms with E-state index < -0.39 is 0 Å². The van der Waals surface area contributed by atoms with Gasteiger partial charge in [0.1, 0.15) is 11.5 Å². The normalized spacial score (nSPS) is 29.6. The third kappa shape index (κ3) is 3.25. The molecular weight excluding hydrogens is 441 g/mol. The van der Waals surface area contributed by atoms with Crippen LogP contribution in [0.4, 0.5) is 4.39 Å². The van der Waals surface area contributed by atoms with Gasteiger partial charge in [-0.25, -0.2) is 4.39 Å². The Labute approximate surface area is 205 Å². The number of aromatic nitrogens is 1. The van der Waals surface area contributed by atoms with Crippen molar-refractivity contribution in [2.45, 2.75) is 77.0 Å². The molecule has 2 aromatic carbocycles. The lowest BCUT2D eigenvalue weighted by molar-refractivity contribution is -0.142. The molecule has 2 amide bonds. The fourth-order valence-corrected chi connectivity index (χ4v) is 7.57. The third-order valence-corrected chi connectivity index (χ3v) is 9.08. The molecule has 2 aliphatic heterocycles. The first kappa shape index (κ1) is 22.3. The van der Waals surface area contributed by atoms with Gasteiger partial charge in [0.2, 0.25) is 5.91 Å². The van der Waals surface area contributed by atoms with Gasteiger partial charge < -0.3 is 14.8 Å². The van der Waals surface area contributed by atoms with E-state index in [-0.39, 0.29) is 47.2 Å². The fraction of sp³-hybridized carbons (Fsp3) is 0.448. The molecule has 5 nitrogen and oxygen atoms in total. The Bertz CT molecular complexity index is 1320. The number of nitrogens with one attached hydrogen (secondary N) is 1. The van der Waals surface area contributed by atoms with Crippen LogP contribution < -0.4 is 0 Å². The molecular formula is C29H32FN3O2. The number of hydrogen-bond donors (Lipinski definition) is 1. The molecule has 5 atom stereocenters. The molecule has 0 unspecified atom stereocenters. The number of carbonyl (C=O) groups is 2. The number of hydrogen-bond acceptors (Lipinski definition) is 2. The van der Waals surface area contributed by atoms with Crippen LogP contribution in [0, 0.1) is 18.2 Å². The number of rotatable bonds is 3. The van der Waals surface area contributed by atoms with E-state index in [9.17, 15) is 14.0 Å². The summed E-state index contributed by atoms with van der Waals surface area (Å²) in [5.74, 6) is -0.237. The van der Waals surface area contributed by atoms with E-state index in [2.05, 4.69) is 33.8 Å². The maximum absolute atomic E-state index is 14.3. The number of H-pyrrole nitrogens is 1. The van der Waals surface area contributed by atoms with Crippen molar-refractivity contribution >= 4 is 22.7 Å². The quantitative estimate of drug-likeness (QED) is 0.566. The van der Waals surface area contributed by atoms with Crippen LogP contribution in [0.15, 0.2) is 48.5 Å². The predicted molar refractivity (Wildman–Crippen MR) is 134 cm³/mol. The molecule has 1 N–H and O–H groups in total. The van der Waals surface area contributed by atoms with Crippen LogP contribution in [0.3, 0.4) is 0 Å². The van der Waals surface area contributed by atoms with Gasteiger partial charge in [-0.15, -0.1) is 0 Å². The highest BCUT2D eigenvalue weighted by Gasteiger charge is 2.64. The highest BCUT2D eigenvalue weighted by molar-refractivity contribution is 6.01. The monoisotopic (exact) mass is 473 g/mol. The Balaban J connectivity index is 1.46. The molecule has 1 aliphatic carbocycles. The molecule has 182 valence electrons. The number of carbonyl (C=O) groups excluding carboxylic acids is 2. The van der Waals surface area contributed by atoms with Gasteiger partial charge in [-0.1, -0.05) is 37.3 Å². The molecule has 6 heteroatoms. The summed E-state index contributed by atoms with van der Waals surface area (Å²) in [6.07, 6.45) is 4.57. The molecule has 3 fully saturated rings. The summed E-state index contributed by atoms with van der Waals surface area (Å²) in [6, 6.07) is 15.0. The van der Waals surface area contributed by atoms with Crippen LogP contribution in [0.25, 0.3) is 10.9 Å². The number of halogens is 1. The minimum atomic E-state index is -0.307. The van der Waals surface area contributed by atoms with Crippen molar-refractivity contribution in [2.75, 3.05) is 0 Å². The molecule has 35 heavy (non-hydrogen) atoms. The van der Waals surface area contributed by atoms with E-state index in [1.807, 2.05) is 25.1 Å². The minimum absolute atomic E-state index is 0.0260. The molecule has 6 rings (SSSR count). The second-order valence-electron chi connectivity index (χ2n) is 11.0. The number of nitrogens with zero attached hydrogens (tertiary/aromatic N) is 2. The summed E-state index contributed by atoms with van der Waals surface area (Å²) < 4.78 is 14.0. The molecule has 3 heterocycles. The number of fused-ring (bicyclic) bond motifs is 2. The first-order valence-corrected chi connectivity index (χ1v) is 12.7. The number of amides is 2. The van der Waals surface area contributed by atoms with E-state index in [0.29, 0.717) is 5.69 Å². The lowest BCUT2D eigenvalue weighted by Gasteiger charge is -2.52. The van der Waals surface area contributed by atoms with Crippen molar-refractivity contribution in [3.63, 3.8) is 0 Å². The SMILES string of the molecule is CC(=O)N1[C@H](Cc2ccccc2)[C@@H]2C[C@@]3(C)[C@H](CCC[C@@H]13)N2C(=O)c1[nH]c2ccc(F)cc2c1C. The number of aryl methyl sites for hydroxylation is 1. The first-order chi connectivity index (χ1) is 16.8. The van der Waals surface area contributed by atoms with Crippen molar-refractivity contribution in [2.24, 2.45) is 5.41 Å². The molecule has 3 aromatic rings. The summed E-state index contributed by atoms with van der Waals surface area (Å²) in [5, 5.41) is 0.745. The van der Waals surface area contributed by atoms with E-state index in [1.54, 1.807) is 13.0 Å². The Morgan fingerprint density at radius 1 is 1.09 bits per heavy atom. The number of piperidine rings is 1. The lowest BCUT2D eigenvalue weighted by atomic mass is 9.64. The number of benzene rings is 2. The van der Waals surface area contributed by atoms with Crippen molar-refractivity contribution in [3.8, 4) is 0 Å². The minimum Gasteiger partial charge on any atom is -0.350 e. The summed E-state index contributed by atoms with van der Waals surface area (Å²) in [6.45, 7) is 5.85. The number of aromatic amines is 1. The summed E-state index contributed by atoms with van der Waals surface area (Å²) >= 11 is 0. The lowest BCUT2D eigenvalue weighted by Crippen LogP contribution is -2.62. The van der Waals surface area contributed by atoms with Gasteiger partial charge in [0.05, 0.1) is 12.1 Å². The zero-order valence-corrected chi connectivity index (χ0v) is 20.6. The second kappa shape index (κ2) is 7.94. The van der Waals surface area contributed by atoms with Crippen LogP contribution in [-0.4, -0.2) is 50.8 Å². The highest BCUT2D eigenvalue weighted by atomic mass is 19.1. The summed E-state index contributed by atoms with van der Waals surface area (Å²) in [7, 11) is 0. The topological polar surface area (TPSA) is 56.4 Å². The Kier molecular flexibility index (Phi) is 5.06. The molecule has 1 saturated carbocycles. The van der Waals surface area contributed by atoms with E-state index >= 15 is 0 Å². The third-order valence-electron chi connectivity index (χ3n) is 9.08. The maximum Gasteiger partial charge on any atom is 0.271 e. The van der Waals surface area contributed by atoms with Crippen LogP contribution >= 0.6 is 0 Å². The van der Waals surface area contributed by atoms with Crippen LogP contribution in [0.2, 0.25) is 0 Å².